The lowest BCUT2D eigenvalue weighted by molar-refractivity contribution is -0.384. The molecule has 10 heteroatoms. The van der Waals surface area contributed by atoms with Crippen LogP contribution in [0.2, 0.25) is 0 Å². The van der Waals surface area contributed by atoms with Gasteiger partial charge in [0.05, 0.1) is 35.2 Å². The third kappa shape index (κ3) is 5.89. The van der Waals surface area contributed by atoms with Crippen LogP contribution in [0.1, 0.15) is 51.5 Å². The van der Waals surface area contributed by atoms with E-state index < -0.39 is 47.2 Å². The zero-order valence-corrected chi connectivity index (χ0v) is 24.0. The van der Waals surface area contributed by atoms with Crippen LogP contribution in [0, 0.1) is 27.9 Å². The summed E-state index contributed by atoms with van der Waals surface area (Å²) in [6.07, 6.45) is 3.78. The van der Waals surface area contributed by atoms with Crippen LogP contribution >= 0.6 is 15.9 Å². The number of imide groups is 1. The zero-order chi connectivity index (χ0) is 29.1. The molecule has 212 valence electrons. The van der Waals surface area contributed by atoms with Gasteiger partial charge in [0.15, 0.2) is 0 Å². The van der Waals surface area contributed by atoms with E-state index in [1.54, 1.807) is 12.1 Å². The van der Waals surface area contributed by atoms with Gasteiger partial charge in [-0.05, 0) is 62.4 Å². The molecule has 0 aromatic heterocycles. The fourth-order valence-electron chi connectivity index (χ4n) is 6.05. The lowest BCUT2D eigenvalue weighted by atomic mass is 9.68. The van der Waals surface area contributed by atoms with Crippen molar-refractivity contribution in [2.45, 2.75) is 52.1 Å². The third-order valence-electron chi connectivity index (χ3n) is 7.84. The van der Waals surface area contributed by atoms with Crippen LogP contribution in [-0.2, 0) is 9.59 Å². The minimum Gasteiger partial charge on any atom is -0.507 e. The van der Waals surface area contributed by atoms with Crippen molar-refractivity contribution < 1.29 is 29.8 Å². The molecule has 0 radical (unpaired) electrons. The first-order chi connectivity index (χ1) is 19.1. The summed E-state index contributed by atoms with van der Waals surface area (Å²) >= 11 is 3.43. The zero-order valence-electron chi connectivity index (χ0n) is 22.4. The van der Waals surface area contributed by atoms with E-state index in [-0.39, 0.29) is 23.5 Å². The summed E-state index contributed by atoms with van der Waals surface area (Å²) in [7, 11) is 0. The Morgan fingerprint density at radius 1 is 1.20 bits per heavy atom. The number of nitrogens with zero attached hydrogens (tertiary/aromatic N) is 2. The highest BCUT2D eigenvalue weighted by molar-refractivity contribution is 9.10. The highest BCUT2D eigenvalue weighted by Crippen LogP contribution is 2.47. The second-order valence-corrected chi connectivity index (χ2v) is 11.4. The number of hydrogen-bond acceptors (Lipinski definition) is 7. The van der Waals surface area contributed by atoms with Crippen LogP contribution in [0.25, 0.3) is 6.08 Å². The number of non-ortho nitro benzene ring substituents is 1. The number of phenolic OH excluding ortho intramolecular Hbond substituents is 1. The molecule has 2 aliphatic rings. The van der Waals surface area contributed by atoms with Gasteiger partial charge in [0.2, 0.25) is 11.8 Å². The Balaban J connectivity index is 1.57. The van der Waals surface area contributed by atoms with E-state index in [2.05, 4.69) is 22.9 Å². The maximum atomic E-state index is 13.6. The molecule has 1 saturated heterocycles. The molecule has 1 aliphatic carbocycles. The number of carbonyl (C=O) groups excluding carboxylic acids is 2. The minimum atomic E-state index is -0.941. The maximum absolute atomic E-state index is 13.6. The fraction of sp³-hybridized carbons (Fsp3) is 0.400. The molecule has 9 nitrogen and oxygen atoms in total. The Kier molecular flexibility index (Phi) is 9.22. The molecule has 4 atom stereocenters. The largest absolute Gasteiger partial charge is 0.507 e. The van der Waals surface area contributed by atoms with Crippen molar-refractivity contribution in [3.63, 3.8) is 0 Å². The molecule has 0 spiro atoms. The van der Waals surface area contributed by atoms with Gasteiger partial charge in [0, 0.05) is 28.1 Å². The lowest BCUT2D eigenvalue weighted by Gasteiger charge is -2.35. The number of rotatable bonds is 10. The van der Waals surface area contributed by atoms with Gasteiger partial charge in [-0.25, -0.2) is 4.90 Å². The molecule has 40 heavy (non-hydrogen) atoms. The summed E-state index contributed by atoms with van der Waals surface area (Å²) < 4.78 is 0.839. The standard InChI is InChI=1S/C30H33BrN2O7/c1-3-5-18(13-19-14-20(31)9-11-25(19)35)8-10-26(36)27-17(2)12-23-28(24(27)16-34)30(38)32(29(23)37)21-6-4-7-22(15-21)33(39)40/h4,6-7,9,11,13-15,23-24,26,28,34-36H,3,5,8,10,12,16H2,1-2H3/b18-13+/t23-,24+,26-,28-/m1/s1. The van der Waals surface area contributed by atoms with Crippen molar-refractivity contribution >= 4 is 45.2 Å². The summed E-state index contributed by atoms with van der Waals surface area (Å²) in [5.74, 6) is -3.15. The summed E-state index contributed by atoms with van der Waals surface area (Å²) in [5, 5.41) is 43.3. The maximum Gasteiger partial charge on any atom is 0.271 e. The molecule has 0 saturated carbocycles. The number of halogens is 1. The number of allylic oxidation sites excluding steroid dienone is 2. The number of amides is 2. The van der Waals surface area contributed by atoms with Crippen LogP contribution < -0.4 is 4.90 Å². The number of phenols is 1. The summed E-state index contributed by atoms with van der Waals surface area (Å²) in [6.45, 7) is 3.44. The van der Waals surface area contributed by atoms with Crippen molar-refractivity contribution in [2.24, 2.45) is 17.8 Å². The summed E-state index contributed by atoms with van der Waals surface area (Å²) in [6, 6.07) is 10.6. The topological polar surface area (TPSA) is 141 Å². The minimum absolute atomic E-state index is 0.125. The van der Waals surface area contributed by atoms with E-state index in [1.807, 2.05) is 19.1 Å². The van der Waals surface area contributed by atoms with Gasteiger partial charge in [-0.1, -0.05) is 52.6 Å². The Labute approximate surface area is 241 Å². The number of nitro benzene ring substituents is 1. The SMILES string of the molecule is CCC/C(=C\c1cc(Br)ccc1O)CC[C@@H](O)C1=C(C)C[C@H]2C(=O)N(c3cccc([N+](=O)[O-])c3)C(=O)[C@H]2[C@H]1CO. The third-order valence-corrected chi connectivity index (χ3v) is 8.34. The van der Waals surface area contributed by atoms with Gasteiger partial charge in [0.25, 0.3) is 5.69 Å². The highest BCUT2D eigenvalue weighted by Gasteiger charge is 2.55. The van der Waals surface area contributed by atoms with Gasteiger partial charge in [-0.15, -0.1) is 0 Å². The number of nitro groups is 1. The van der Waals surface area contributed by atoms with Crippen LogP contribution in [0.4, 0.5) is 11.4 Å². The van der Waals surface area contributed by atoms with Crippen molar-refractivity contribution in [3.05, 3.63) is 79.3 Å². The van der Waals surface area contributed by atoms with E-state index in [9.17, 15) is 35.0 Å². The average Bonchev–Trinajstić information content (AvgIpc) is 3.17. The second kappa shape index (κ2) is 12.4. The summed E-state index contributed by atoms with van der Waals surface area (Å²) in [4.78, 5) is 38.6. The van der Waals surface area contributed by atoms with Crippen LogP contribution in [-0.4, -0.2) is 44.8 Å². The molecule has 1 aliphatic heterocycles. The van der Waals surface area contributed by atoms with Crippen LogP contribution in [0.5, 0.6) is 5.75 Å². The van der Waals surface area contributed by atoms with Gasteiger partial charge in [-0.3, -0.25) is 19.7 Å². The molecule has 0 unspecified atom stereocenters. The molecule has 1 heterocycles. The lowest BCUT2D eigenvalue weighted by Crippen LogP contribution is -2.38. The van der Waals surface area contributed by atoms with Crippen molar-refractivity contribution in [2.75, 3.05) is 11.5 Å². The first-order valence-electron chi connectivity index (χ1n) is 13.4. The molecule has 2 aromatic carbocycles. The van der Waals surface area contributed by atoms with E-state index in [1.165, 1.54) is 24.3 Å². The molecular weight excluding hydrogens is 580 g/mol. The Bertz CT molecular complexity index is 1390. The van der Waals surface area contributed by atoms with Crippen LogP contribution in [0.3, 0.4) is 0 Å². The number of aliphatic hydroxyl groups is 2. The molecule has 1 fully saturated rings. The van der Waals surface area contributed by atoms with Gasteiger partial charge in [0.1, 0.15) is 5.75 Å². The number of benzene rings is 2. The Morgan fingerprint density at radius 3 is 2.62 bits per heavy atom. The second-order valence-electron chi connectivity index (χ2n) is 10.5. The quantitative estimate of drug-likeness (QED) is 0.139. The van der Waals surface area contributed by atoms with Gasteiger partial charge < -0.3 is 15.3 Å². The normalized spacial score (nSPS) is 22.1. The Morgan fingerprint density at radius 2 is 1.95 bits per heavy atom. The number of carbonyl (C=O) groups is 2. The van der Waals surface area contributed by atoms with Crippen LogP contribution in [0.15, 0.2) is 63.7 Å². The van der Waals surface area contributed by atoms with E-state index in [0.29, 0.717) is 24.0 Å². The number of aliphatic hydroxyl groups excluding tert-OH is 2. The van der Waals surface area contributed by atoms with Gasteiger partial charge in [-0.2, -0.15) is 0 Å². The predicted octanol–water partition coefficient (Wildman–Crippen LogP) is 5.52. The first-order valence-corrected chi connectivity index (χ1v) is 14.1. The number of anilines is 1. The average molecular weight is 614 g/mol. The predicted molar refractivity (Wildman–Crippen MR) is 154 cm³/mol. The van der Waals surface area contributed by atoms with Crippen molar-refractivity contribution in [1.82, 2.24) is 0 Å². The molecule has 3 N–H and O–H groups in total. The summed E-state index contributed by atoms with van der Waals surface area (Å²) in [5.41, 5.74) is 2.95. The number of aromatic hydroxyl groups is 1. The van der Waals surface area contributed by atoms with Gasteiger partial charge >= 0.3 is 0 Å². The highest BCUT2D eigenvalue weighted by atomic mass is 79.9. The molecule has 4 rings (SSSR count). The molecule has 2 amide bonds. The molecule has 0 bridgehead atoms. The fourth-order valence-corrected chi connectivity index (χ4v) is 6.43. The Hall–Kier alpha value is -3.34. The van der Waals surface area contributed by atoms with Crippen molar-refractivity contribution in [3.8, 4) is 5.75 Å². The number of hydrogen-bond donors (Lipinski definition) is 3. The first kappa shape index (κ1) is 29.6. The molecule has 2 aromatic rings. The van der Waals surface area contributed by atoms with E-state index >= 15 is 0 Å². The number of fused-ring (bicyclic) bond motifs is 1. The van der Waals surface area contributed by atoms with E-state index in [4.69, 9.17) is 0 Å². The smallest absolute Gasteiger partial charge is 0.271 e. The van der Waals surface area contributed by atoms with E-state index in [0.717, 1.165) is 33.4 Å². The monoisotopic (exact) mass is 612 g/mol. The van der Waals surface area contributed by atoms with Crippen molar-refractivity contribution in [1.29, 1.82) is 0 Å². The molecular formula is C30H33BrN2O7.